The third kappa shape index (κ3) is 4.22. The number of carbonyl (C=O) groups excluding carboxylic acids is 1. The van der Waals surface area contributed by atoms with Crippen LogP contribution in [-0.2, 0) is 4.79 Å². The Morgan fingerprint density at radius 1 is 1.08 bits per heavy atom. The smallest absolute Gasteiger partial charge is 0.326 e. The van der Waals surface area contributed by atoms with Gasteiger partial charge in [-0.15, -0.1) is 0 Å². The van der Waals surface area contributed by atoms with Gasteiger partial charge in [0.25, 0.3) is 0 Å². The summed E-state index contributed by atoms with van der Waals surface area (Å²) in [6, 6.07) is 20.1. The summed E-state index contributed by atoms with van der Waals surface area (Å²) in [6.45, 7) is 3.13. The number of pyridine rings is 1. The van der Waals surface area contributed by atoms with Gasteiger partial charge in [-0.2, -0.15) is 0 Å². The number of rotatable bonds is 5. The summed E-state index contributed by atoms with van der Waals surface area (Å²) in [7, 11) is 0. The Bertz CT molecular complexity index is 1660. The molecule has 6 rings (SSSR count). The monoisotopic (exact) mass is 497 g/mol. The van der Waals surface area contributed by atoms with E-state index in [1.54, 1.807) is 12.3 Å². The fourth-order valence-electron chi connectivity index (χ4n) is 5.71. The maximum atomic E-state index is 14.2. The van der Waals surface area contributed by atoms with Gasteiger partial charge in [0.1, 0.15) is 11.5 Å². The van der Waals surface area contributed by atoms with Crippen molar-refractivity contribution in [2.75, 3.05) is 13.1 Å². The number of benzene rings is 2. The molecule has 8 heteroatoms. The molecule has 2 aromatic carbocycles. The lowest BCUT2D eigenvalue weighted by atomic mass is 9.91. The summed E-state index contributed by atoms with van der Waals surface area (Å²) in [5.41, 5.74) is 5.03. The molecular weight excluding hydrogens is 469 g/mol. The lowest BCUT2D eigenvalue weighted by Gasteiger charge is -2.33. The number of aromatic nitrogens is 4. The molecule has 1 aliphatic rings. The molecule has 4 heterocycles. The Labute approximate surface area is 213 Å². The number of likely N-dealkylation sites (tertiary alicyclic amines) is 1. The lowest BCUT2D eigenvalue weighted by molar-refractivity contribution is -0.132. The fourth-order valence-corrected chi connectivity index (χ4v) is 5.71. The number of hydrogen-bond acceptors (Lipinski definition) is 3. The first-order chi connectivity index (χ1) is 18.0. The number of piperidine rings is 1. The number of fused-ring (bicyclic) bond motifs is 2. The van der Waals surface area contributed by atoms with Crippen LogP contribution in [0.5, 0.6) is 0 Å². The van der Waals surface area contributed by atoms with Crippen molar-refractivity contribution in [2.45, 2.75) is 38.1 Å². The average Bonchev–Trinajstić information content (AvgIpc) is 3.48. The molecular formula is C29H28FN5O2. The highest BCUT2D eigenvalue weighted by Crippen LogP contribution is 2.32. The van der Waals surface area contributed by atoms with E-state index < -0.39 is 0 Å². The molecule has 1 aliphatic heterocycles. The number of imidazole rings is 2. The Balaban J connectivity index is 1.25. The first-order valence-electron chi connectivity index (χ1n) is 12.6. The van der Waals surface area contributed by atoms with Gasteiger partial charge in [-0.3, -0.25) is 9.36 Å². The van der Waals surface area contributed by atoms with Crippen LogP contribution in [0.1, 0.15) is 48.2 Å². The van der Waals surface area contributed by atoms with Gasteiger partial charge < -0.3 is 14.3 Å². The van der Waals surface area contributed by atoms with E-state index in [1.807, 2.05) is 69.3 Å². The quantitative estimate of drug-likeness (QED) is 0.379. The molecule has 1 amide bonds. The molecule has 0 radical (unpaired) electrons. The average molecular weight is 498 g/mol. The number of aromatic amines is 1. The van der Waals surface area contributed by atoms with E-state index in [0.29, 0.717) is 25.9 Å². The summed E-state index contributed by atoms with van der Waals surface area (Å²) >= 11 is 0. The van der Waals surface area contributed by atoms with Crippen LogP contribution in [0, 0.1) is 12.7 Å². The lowest BCUT2D eigenvalue weighted by Crippen LogP contribution is -2.41. The highest BCUT2D eigenvalue weighted by atomic mass is 19.1. The van der Waals surface area contributed by atoms with E-state index in [9.17, 15) is 14.0 Å². The molecule has 0 aliphatic carbocycles. The Kier molecular flexibility index (Phi) is 5.87. The van der Waals surface area contributed by atoms with Crippen molar-refractivity contribution in [3.05, 3.63) is 106 Å². The van der Waals surface area contributed by atoms with Gasteiger partial charge in [-0.05, 0) is 61.7 Å². The third-order valence-corrected chi connectivity index (χ3v) is 7.54. The van der Waals surface area contributed by atoms with Crippen LogP contribution < -0.4 is 5.69 Å². The minimum absolute atomic E-state index is 0.0162. The number of para-hydroxylation sites is 2. The van der Waals surface area contributed by atoms with Crippen LogP contribution >= 0.6 is 0 Å². The second-order valence-electron chi connectivity index (χ2n) is 9.78. The fraction of sp³-hybridized carbons (Fsp3) is 0.276. The van der Waals surface area contributed by atoms with E-state index in [1.165, 1.54) is 12.1 Å². The van der Waals surface area contributed by atoms with Crippen LogP contribution in [0.25, 0.3) is 16.7 Å². The van der Waals surface area contributed by atoms with E-state index in [4.69, 9.17) is 0 Å². The number of amides is 1. The van der Waals surface area contributed by atoms with Crippen molar-refractivity contribution < 1.29 is 9.18 Å². The second-order valence-corrected chi connectivity index (χ2v) is 9.78. The molecule has 0 saturated carbocycles. The zero-order valence-electron chi connectivity index (χ0n) is 20.6. The Morgan fingerprint density at radius 2 is 1.86 bits per heavy atom. The standard InChI is InChI=1S/C29H28FN5O2/c1-19-6-4-11-27-31-18-26(34(19)27)23(20-7-5-8-21(30)16-20)17-28(36)33-14-12-22(13-15-33)35-25-10-3-2-9-24(25)32-29(35)37/h2-11,16,18,22-23H,12-15,17H2,1H3,(H,32,37). The van der Waals surface area contributed by atoms with Gasteiger partial charge in [0.2, 0.25) is 5.91 Å². The molecule has 0 spiro atoms. The molecule has 0 bridgehead atoms. The molecule has 1 fully saturated rings. The van der Waals surface area contributed by atoms with Crippen molar-refractivity contribution in [3.63, 3.8) is 0 Å². The van der Waals surface area contributed by atoms with Crippen LogP contribution in [0.2, 0.25) is 0 Å². The Hall–Kier alpha value is -4.20. The van der Waals surface area contributed by atoms with Crippen LogP contribution in [0.3, 0.4) is 0 Å². The van der Waals surface area contributed by atoms with Gasteiger partial charge in [-0.25, -0.2) is 14.2 Å². The number of hydrogen-bond donors (Lipinski definition) is 1. The molecule has 1 saturated heterocycles. The second kappa shape index (κ2) is 9.35. The summed E-state index contributed by atoms with van der Waals surface area (Å²) in [5.74, 6) is -0.652. The normalized spacial score (nSPS) is 15.5. The van der Waals surface area contributed by atoms with Gasteiger partial charge in [0.15, 0.2) is 0 Å². The number of nitrogens with one attached hydrogen (secondary N) is 1. The molecule has 5 aromatic rings. The molecule has 1 unspecified atom stereocenters. The third-order valence-electron chi connectivity index (χ3n) is 7.54. The van der Waals surface area contributed by atoms with Crippen LogP contribution in [0.15, 0.2) is 77.7 Å². The van der Waals surface area contributed by atoms with E-state index >= 15 is 0 Å². The highest BCUT2D eigenvalue weighted by Gasteiger charge is 2.29. The van der Waals surface area contributed by atoms with E-state index in [-0.39, 0.29) is 35.8 Å². The summed E-state index contributed by atoms with van der Waals surface area (Å²) in [6.07, 6.45) is 3.41. The molecule has 1 N–H and O–H groups in total. The zero-order chi connectivity index (χ0) is 25.5. The van der Waals surface area contributed by atoms with Crippen molar-refractivity contribution in [2.24, 2.45) is 0 Å². The zero-order valence-corrected chi connectivity index (χ0v) is 20.6. The minimum Gasteiger partial charge on any atom is -0.343 e. The summed E-state index contributed by atoms with van der Waals surface area (Å²) in [4.78, 5) is 35.6. The van der Waals surface area contributed by atoms with Gasteiger partial charge in [0.05, 0.1) is 16.7 Å². The van der Waals surface area contributed by atoms with Crippen molar-refractivity contribution >= 4 is 22.6 Å². The number of aryl methyl sites for hydroxylation is 1. The predicted molar refractivity (Wildman–Crippen MR) is 140 cm³/mol. The van der Waals surface area contributed by atoms with Crippen molar-refractivity contribution in [1.82, 2.24) is 23.8 Å². The number of halogens is 1. The molecule has 1 atom stereocenters. The SMILES string of the molecule is Cc1cccc2ncc(C(CC(=O)N3CCC(n4c(=O)[nH]c5ccccc54)CC3)c3cccc(F)c3)n12. The first-order valence-corrected chi connectivity index (χ1v) is 12.6. The maximum Gasteiger partial charge on any atom is 0.326 e. The van der Waals surface area contributed by atoms with Gasteiger partial charge in [0, 0.05) is 43.4 Å². The van der Waals surface area contributed by atoms with Gasteiger partial charge >= 0.3 is 5.69 Å². The predicted octanol–water partition coefficient (Wildman–Crippen LogP) is 4.81. The number of carbonyl (C=O) groups is 1. The van der Waals surface area contributed by atoms with Crippen LogP contribution in [0.4, 0.5) is 4.39 Å². The maximum absolute atomic E-state index is 14.2. The highest BCUT2D eigenvalue weighted by molar-refractivity contribution is 5.78. The van der Waals surface area contributed by atoms with Crippen molar-refractivity contribution in [3.8, 4) is 0 Å². The van der Waals surface area contributed by atoms with E-state index in [2.05, 4.69) is 9.97 Å². The molecule has 3 aromatic heterocycles. The largest absolute Gasteiger partial charge is 0.343 e. The number of nitrogens with zero attached hydrogens (tertiary/aromatic N) is 4. The summed E-state index contributed by atoms with van der Waals surface area (Å²) in [5, 5.41) is 0. The van der Waals surface area contributed by atoms with E-state index in [0.717, 1.165) is 33.6 Å². The minimum atomic E-state index is -0.340. The first kappa shape index (κ1) is 23.2. The van der Waals surface area contributed by atoms with Crippen molar-refractivity contribution in [1.29, 1.82) is 0 Å². The Morgan fingerprint density at radius 3 is 2.68 bits per heavy atom. The molecule has 188 valence electrons. The molecule has 7 nitrogen and oxygen atoms in total. The number of H-pyrrole nitrogens is 1. The topological polar surface area (TPSA) is 75.4 Å². The van der Waals surface area contributed by atoms with Gasteiger partial charge in [-0.1, -0.05) is 30.3 Å². The van der Waals surface area contributed by atoms with Crippen LogP contribution in [-0.4, -0.2) is 42.8 Å². The molecule has 37 heavy (non-hydrogen) atoms. The summed E-state index contributed by atoms with van der Waals surface area (Å²) < 4.78 is 18.1.